The van der Waals surface area contributed by atoms with Crippen LogP contribution < -0.4 is 0 Å². The van der Waals surface area contributed by atoms with Gasteiger partial charge in [-0.1, -0.05) is 29.3 Å². The van der Waals surface area contributed by atoms with Crippen LogP contribution in [0, 0.1) is 0 Å². The molecule has 3 fully saturated rings. The minimum absolute atomic E-state index is 0.183. The van der Waals surface area contributed by atoms with Gasteiger partial charge < -0.3 is 4.90 Å². The molecule has 0 radical (unpaired) electrons. The Labute approximate surface area is 183 Å². The van der Waals surface area contributed by atoms with Gasteiger partial charge in [0.1, 0.15) is 0 Å². The number of halogens is 2. The Kier molecular flexibility index (Phi) is 6.51. The molecular weight excluding hydrogens is 411 g/mol. The average molecular weight is 441 g/mol. The molecule has 3 nitrogen and oxygen atoms in total. The smallest absolute Gasteiger partial charge is 0.227 e. The van der Waals surface area contributed by atoms with Crippen molar-refractivity contribution in [1.82, 2.24) is 9.80 Å². The number of rotatable bonds is 4. The van der Waals surface area contributed by atoms with Gasteiger partial charge in [0.2, 0.25) is 5.91 Å². The molecule has 0 unspecified atom stereocenters. The van der Waals surface area contributed by atoms with Crippen LogP contribution in [0.1, 0.15) is 50.5 Å². The Morgan fingerprint density at radius 2 is 2.00 bits per heavy atom. The number of thioether (sulfide) groups is 1. The second-order valence-corrected chi connectivity index (χ2v) is 11.1. The van der Waals surface area contributed by atoms with Gasteiger partial charge in [-0.3, -0.25) is 9.69 Å². The molecule has 1 amide bonds. The van der Waals surface area contributed by atoms with E-state index < -0.39 is 0 Å². The van der Waals surface area contributed by atoms with Crippen LogP contribution in [0.2, 0.25) is 10.0 Å². The highest BCUT2D eigenvalue weighted by Crippen LogP contribution is 2.50. The van der Waals surface area contributed by atoms with Crippen molar-refractivity contribution in [3.05, 3.63) is 33.8 Å². The first kappa shape index (κ1) is 20.8. The van der Waals surface area contributed by atoms with Crippen molar-refractivity contribution in [1.29, 1.82) is 0 Å². The van der Waals surface area contributed by atoms with E-state index in [9.17, 15) is 4.79 Å². The first-order valence-corrected chi connectivity index (χ1v) is 12.3. The minimum Gasteiger partial charge on any atom is -0.341 e. The molecule has 0 aromatic heterocycles. The molecule has 0 bridgehead atoms. The third-order valence-electron chi connectivity index (χ3n) is 6.95. The molecule has 1 saturated carbocycles. The van der Waals surface area contributed by atoms with Gasteiger partial charge in [0, 0.05) is 23.9 Å². The average Bonchev–Trinajstić information content (AvgIpc) is 3.37. The van der Waals surface area contributed by atoms with Gasteiger partial charge in [-0.25, -0.2) is 0 Å². The largest absolute Gasteiger partial charge is 0.341 e. The Balaban J connectivity index is 1.48. The molecule has 2 heterocycles. The Morgan fingerprint density at radius 1 is 1.21 bits per heavy atom. The van der Waals surface area contributed by atoms with Gasteiger partial charge in [0.15, 0.2) is 0 Å². The van der Waals surface area contributed by atoms with Gasteiger partial charge >= 0.3 is 0 Å². The van der Waals surface area contributed by atoms with Gasteiger partial charge in [-0.05, 0) is 81.5 Å². The predicted molar refractivity (Wildman–Crippen MR) is 120 cm³/mol. The fourth-order valence-corrected chi connectivity index (χ4v) is 7.25. The maximum absolute atomic E-state index is 13.1. The van der Waals surface area contributed by atoms with Gasteiger partial charge in [-0.2, -0.15) is 11.8 Å². The molecule has 28 heavy (non-hydrogen) atoms. The quantitative estimate of drug-likeness (QED) is 0.636. The molecule has 3 aliphatic rings. The topological polar surface area (TPSA) is 23.6 Å². The summed E-state index contributed by atoms with van der Waals surface area (Å²) in [5.74, 6) is 1.49. The summed E-state index contributed by atoms with van der Waals surface area (Å²) in [7, 11) is 2.01. The summed E-state index contributed by atoms with van der Waals surface area (Å²) in [5.41, 5.74) is 0.933. The zero-order chi connectivity index (χ0) is 19.7. The highest BCUT2D eigenvalue weighted by atomic mass is 35.5. The molecule has 2 saturated heterocycles. The van der Waals surface area contributed by atoms with Crippen molar-refractivity contribution >= 4 is 40.9 Å². The summed E-state index contributed by atoms with van der Waals surface area (Å²) in [6, 6.07) is 6.33. The number of carbonyl (C=O) groups excluding carboxylic acids is 1. The first-order chi connectivity index (χ1) is 13.5. The van der Waals surface area contributed by atoms with E-state index in [-0.39, 0.29) is 5.91 Å². The van der Waals surface area contributed by atoms with Crippen LogP contribution in [-0.4, -0.2) is 58.4 Å². The summed E-state index contributed by atoms with van der Waals surface area (Å²) in [4.78, 5) is 17.8. The fraction of sp³-hybridized carbons (Fsp3) is 0.682. The summed E-state index contributed by atoms with van der Waals surface area (Å²) < 4.78 is 0.470. The van der Waals surface area contributed by atoms with Gasteiger partial charge in [-0.15, -0.1) is 0 Å². The fourth-order valence-electron chi connectivity index (χ4n) is 5.37. The summed E-state index contributed by atoms with van der Waals surface area (Å²) in [5, 5.41) is 1.05. The standard InChI is InChI=1S/C22H30Cl2N2OS/c1-25(21(27)14-16-5-6-17(23)18(24)13-16)19-7-9-22(8-4-12-28-22)15-20(19)26-10-2-3-11-26/h5-6,13,19-20H,2-4,7-12,14-15H2,1H3/t19-,20-,22-/m1/s1. The lowest BCUT2D eigenvalue weighted by atomic mass is 9.78. The van der Waals surface area contributed by atoms with Crippen molar-refractivity contribution < 1.29 is 4.79 Å². The minimum atomic E-state index is 0.183. The molecule has 0 N–H and O–H groups in total. The zero-order valence-electron chi connectivity index (χ0n) is 16.6. The van der Waals surface area contributed by atoms with E-state index in [0.29, 0.717) is 33.3 Å². The molecule has 154 valence electrons. The maximum atomic E-state index is 13.1. The lowest BCUT2D eigenvalue weighted by Gasteiger charge is -2.48. The second kappa shape index (κ2) is 8.75. The zero-order valence-corrected chi connectivity index (χ0v) is 19.0. The highest BCUT2D eigenvalue weighted by Gasteiger charge is 2.47. The van der Waals surface area contributed by atoms with Crippen molar-refractivity contribution in [2.45, 2.75) is 68.2 Å². The number of likely N-dealkylation sites (N-methyl/N-ethyl adjacent to an activating group) is 1. The summed E-state index contributed by atoms with van der Waals surface area (Å²) in [6.07, 6.45) is 9.30. The van der Waals surface area contributed by atoms with E-state index in [1.807, 2.05) is 24.1 Å². The van der Waals surface area contributed by atoms with Crippen molar-refractivity contribution in [3.63, 3.8) is 0 Å². The van der Waals surface area contributed by atoms with Crippen molar-refractivity contribution in [3.8, 4) is 0 Å². The SMILES string of the molecule is CN(C(=O)Cc1ccc(Cl)c(Cl)c1)[C@@H]1CC[C@]2(CCCS2)C[C@H]1N1CCCC1. The predicted octanol–water partition coefficient (Wildman–Crippen LogP) is 5.28. The van der Waals surface area contributed by atoms with Crippen molar-refractivity contribution in [2.75, 3.05) is 25.9 Å². The van der Waals surface area contributed by atoms with E-state index in [0.717, 1.165) is 12.0 Å². The molecule has 4 rings (SSSR count). The number of nitrogens with zero attached hydrogens (tertiary/aromatic N) is 2. The van der Waals surface area contributed by atoms with Crippen LogP contribution in [0.4, 0.5) is 0 Å². The monoisotopic (exact) mass is 440 g/mol. The van der Waals surface area contributed by atoms with Crippen LogP contribution in [0.5, 0.6) is 0 Å². The first-order valence-electron chi connectivity index (χ1n) is 10.6. The number of benzene rings is 1. The van der Waals surface area contributed by atoms with Crippen LogP contribution in [0.25, 0.3) is 0 Å². The molecular formula is C22H30Cl2N2OS. The molecule has 1 aromatic carbocycles. The number of amides is 1. The lowest BCUT2D eigenvalue weighted by Crippen LogP contribution is -2.57. The number of hydrogen-bond donors (Lipinski definition) is 0. The molecule has 3 atom stereocenters. The Hall–Kier alpha value is -0.420. The Morgan fingerprint density at radius 3 is 2.68 bits per heavy atom. The lowest BCUT2D eigenvalue weighted by molar-refractivity contribution is -0.133. The third kappa shape index (κ3) is 4.35. The maximum Gasteiger partial charge on any atom is 0.227 e. The summed E-state index contributed by atoms with van der Waals surface area (Å²) in [6.45, 7) is 2.38. The molecule has 6 heteroatoms. The number of hydrogen-bond acceptors (Lipinski definition) is 3. The van der Waals surface area contributed by atoms with E-state index in [2.05, 4.69) is 16.7 Å². The van der Waals surface area contributed by atoms with Crippen LogP contribution >= 0.6 is 35.0 Å². The molecule has 1 aliphatic carbocycles. The van der Waals surface area contributed by atoms with Crippen molar-refractivity contribution in [2.24, 2.45) is 0 Å². The Bertz CT molecular complexity index is 716. The number of likely N-dealkylation sites (tertiary alicyclic amines) is 1. The van der Waals surface area contributed by atoms with E-state index in [4.69, 9.17) is 23.2 Å². The third-order valence-corrected chi connectivity index (χ3v) is 9.37. The molecule has 1 aromatic rings. The van der Waals surface area contributed by atoms with E-state index in [1.54, 1.807) is 6.07 Å². The normalized spacial score (nSPS) is 30.8. The molecule has 2 aliphatic heterocycles. The van der Waals surface area contributed by atoms with Crippen LogP contribution in [0.3, 0.4) is 0 Å². The van der Waals surface area contributed by atoms with E-state index >= 15 is 0 Å². The van der Waals surface area contributed by atoms with Crippen LogP contribution in [-0.2, 0) is 11.2 Å². The van der Waals surface area contributed by atoms with Crippen LogP contribution in [0.15, 0.2) is 18.2 Å². The van der Waals surface area contributed by atoms with E-state index in [1.165, 1.54) is 57.4 Å². The molecule has 1 spiro atoms. The van der Waals surface area contributed by atoms with Gasteiger partial charge in [0.05, 0.1) is 16.5 Å². The second-order valence-electron chi connectivity index (χ2n) is 8.69. The number of carbonyl (C=O) groups is 1. The van der Waals surface area contributed by atoms with Gasteiger partial charge in [0.25, 0.3) is 0 Å². The highest BCUT2D eigenvalue weighted by molar-refractivity contribution is 8.00. The summed E-state index contributed by atoms with van der Waals surface area (Å²) >= 11 is 14.4.